The van der Waals surface area contributed by atoms with E-state index >= 15 is 0 Å². The van der Waals surface area contributed by atoms with Gasteiger partial charge in [0.2, 0.25) is 0 Å². The molecule has 7 aliphatic rings. The number of aliphatic hydroxyl groups excluding tert-OH is 5. The third-order valence-corrected chi connectivity index (χ3v) is 14.1. The van der Waals surface area contributed by atoms with Crippen LogP contribution in [0.4, 0.5) is 0 Å². The summed E-state index contributed by atoms with van der Waals surface area (Å²) in [4.78, 5) is 2.88. The van der Waals surface area contributed by atoms with E-state index in [1.54, 1.807) is 0 Å². The first-order valence-corrected chi connectivity index (χ1v) is 17.0. The van der Waals surface area contributed by atoms with Crippen LogP contribution in [0.2, 0.25) is 0 Å². The molecular weight excluding hydrogens is 522 g/mol. The summed E-state index contributed by atoms with van der Waals surface area (Å²) >= 11 is 0. The number of rotatable bonds is 3. The molecule has 0 aromatic heterocycles. The monoisotopic (exact) mass is 577 g/mol. The van der Waals surface area contributed by atoms with Gasteiger partial charge in [0.15, 0.2) is 6.29 Å². The Morgan fingerprint density at radius 3 is 2.34 bits per heavy atom. The lowest BCUT2D eigenvalue weighted by Crippen LogP contribution is -2.60. The fraction of sp³-hybridized carbons (Fsp3) is 1.00. The molecule has 18 atom stereocenters. The van der Waals surface area contributed by atoms with Crippen LogP contribution >= 0.6 is 0 Å². The molecule has 3 aliphatic heterocycles. The van der Waals surface area contributed by atoms with E-state index in [2.05, 4.69) is 25.7 Å². The van der Waals surface area contributed by atoms with E-state index in [4.69, 9.17) is 9.47 Å². The number of hydrogen-bond donors (Lipinski definition) is 5. The van der Waals surface area contributed by atoms with Crippen molar-refractivity contribution in [2.45, 2.75) is 128 Å². The molecular formula is C33H55NO7. The summed E-state index contributed by atoms with van der Waals surface area (Å²) in [5.74, 6) is 6.23. The van der Waals surface area contributed by atoms with E-state index in [1.807, 2.05) is 0 Å². The smallest absolute Gasteiger partial charge is 0.186 e. The predicted octanol–water partition coefficient (Wildman–Crippen LogP) is 2.39. The van der Waals surface area contributed by atoms with Crippen molar-refractivity contribution in [2.75, 3.05) is 19.7 Å². The largest absolute Gasteiger partial charge is 0.394 e. The SMILES string of the molecule is C[C@H]1CC[C@H]2[C@H](C)[C@@H]3CCC4C5C[C@@H](O)[C@H]6C[C@@H](O[C@@H]7O[C@H](CO)[C@@H](O)[C@H](O)[C@H]7O)CC[C@]6(C)C5CC4[C@@H]3CN2C1. The molecule has 4 unspecified atom stereocenters. The van der Waals surface area contributed by atoms with Gasteiger partial charge in [-0.1, -0.05) is 20.8 Å². The highest BCUT2D eigenvalue weighted by Crippen LogP contribution is 2.67. The number of fused-ring (bicyclic) bond motifs is 8. The fourth-order valence-corrected chi connectivity index (χ4v) is 12.1. The third kappa shape index (κ3) is 4.68. The lowest BCUT2D eigenvalue weighted by Gasteiger charge is -2.57. The van der Waals surface area contributed by atoms with Crippen molar-refractivity contribution < 1.29 is 35.0 Å². The highest BCUT2D eigenvalue weighted by atomic mass is 16.7. The van der Waals surface area contributed by atoms with E-state index in [9.17, 15) is 25.5 Å². The maximum Gasteiger partial charge on any atom is 0.186 e. The van der Waals surface area contributed by atoms with Gasteiger partial charge in [0.05, 0.1) is 18.8 Å². The average Bonchev–Trinajstić information content (AvgIpc) is 3.34. The molecule has 234 valence electrons. The first kappa shape index (κ1) is 29.4. The van der Waals surface area contributed by atoms with Crippen molar-refractivity contribution in [2.24, 2.45) is 58.7 Å². The summed E-state index contributed by atoms with van der Waals surface area (Å²) in [6.45, 7) is 9.55. The van der Waals surface area contributed by atoms with Crippen molar-refractivity contribution in [3.63, 3.8) is 0 Å². The number of nitrogens with zero attached hydrogens (tertiary/aromatic N) is 1. The lowest BCUT2D eigenvalue weighted by molar-refractivity contribution is -0.317. The zero-order chi connectivity index (χ0) is 28.8. The second-order valence-electron chi connectivity index (χ2n) is 15.9. The summed E-state index contributed by atoms with van der Waals surface area (Å²) in [5, 5.41) is 52.1. The van der Waals surface area contributed by atoms with Gasteiger partial charge in [0.1, 0.15) is 24.4 Å². The molecule has 3 heterocycles. The molecule has 0 radical (unpaired) electrons. The number of aliphatic hydroxyl groups is 5. The predicted molar refractivity (Wildman–Crippen MR) is 152 cm³/mol. The average molecular weight is 578 g/mol. The number of hydrogen-bond acceptors (Lipinski definition) is 8. The second-order valence-corrected chi connectivity index (χ2v) is 15.9. The molecule has 0 amide bonds. The molecule has 7 rings (SSSR count). The molecule has 41 heavy (non-hydrogen) atoms. The van der Waals surface area contributed by atoms with Gasteiger partial charge in [-0.2, -0.15) is 0 Å². The molecule has 7 fully saturated rings. The summed E-state index contributed by atoms with van der Waals surface area (Å²) in [5.41, 5.74) is 0.0763. The van der Waals surface area contributed by atoms with Gasteiger partial charge in [0.25, 0.3) is 0 Å². The normalized spacial score (nSPS) is 59.0. The van der Waals surface area contributed by atoms with Crippen LogP contribution in [0.25, 0.3) is 0 Å². The Morgan fingerprint density at radius 2 is 1.56 bits per heavy atom. The van der Waals surface area contributed by atoms with Crippen molar-refractivity contribution >= 4 is 0 Å². The summed E-state index contributed by atoms with van der Waals surface area (Å²) in [6, 6.07) is 0.787. The minimum Gasteiger partial charge on any atom is -0.394 e. The molecule has 0 spiro atoms. The molecule has 0 aromatic rings. The van der Waals surface area contributed by atoms with Crippen LogP contribution in [0.1, 0.15) is 78.6 Å². The molecule has 0 bridgehead atoms. The van der Waals surface area contributed by atoms with Gasteiger partial charge < -0.3 is 35.0 Å². The van der Waals surface area contributed by atoms with Crippen LogP contribution in [0.15, 0.2) is 0 Å². The maximum absolute atomic E-state index is 11.6. The first-order valence-electron chi connectivity index (χ1n) is 17.0. The zero-order valence-electron chi connectivity index (χ0n) is 25.3. The summed E-state index contributed by atoms with van der Waals surface area (Å²) < 4.78 is 11.9. The molecule has 8 nitrogen and oxygen atoms in total. The standard InChI is InChI=1S/C33H55NO7/c1-16-4-7-26-17(2)19-5-6-20-21(23(19)14-34(26)13-16)11-24-22(20)12-27(36)25-10-18(8-9-33(24,25)3)40-32-31(39)30(38)29(37)28(15-35)41-32/h16-32,35-39H,4-15H2,1-3H3/t16-,17+,18-,19-,20?,21?,22?,23+,24?,25+,26-,27+,28+,29+,30-,31+,32+,33+/m0/s1. The Morgan fingerprint density at radius 1 is 0.780 bits per heavy atom. The van der Waals surface area contributed by atoms with Gasteiger partial charge >= 0.3 is 0 Å². The molecule has 0 aromatic carbocycles. The van der Waals surface area contributed by atoms with Crippen molar-refractivity contribution in [3.8, 4) is 0 Å². The van der Waals surface area contributed by atoms with Gasteiger partial charge in [-0.25, -0.2) is 0 Å². The van der Waals surface area contributed by atoms with Gasteiger partial charge in [-0.05, 0) is 116 Å². The lowest BCUT2D eigenvalue weighted by atomic mass is 9.51. The summed E-state index contributed by atoms with van der Waals surface area (Å²) in [7, 11) is 0. The van der Waals surface area contributed by atoms with E-state index in [-0.39, 0.29) is 23.5 Å². The Hall–Kier alpha value is -0.320. The van der Waals surface area contributed by atoms with Crippen LogP contribution < -0.4 is 0 Å². The van der Waals surface area contributed by atoms with Crippen molar-refractivity contribution in [1.29, 1.82) is 0 Å². The van der Waals surface area contributed by atoms with Crippen LogP contribution in [0.3, 0.4) is 0 Å². The molecule has 3 saturated heterocycles. The number of ether oxygens (including phenoxy) is 2. The van der Waals surface area contributed by atoms with Crippen LogP contribution in [0, 0.1) is 58.7 Å². The number of piperidine rings is 2. The topological polar surface area (TPSA) is 123 Å². The Labute approximate surface area is 245 Å². The minimum atomic E-state index is -1.43. The quantitative estimate of drug-likeness (QED) is 0.324. The van der Waals surface area contributed by atoms with Gasteiger partial charge in [-0.15, -0.1) is 0 Å². The first-order chi connectivity index (χ1) is 19.6. The van der Waals surface area contributed by atoms with Crippen LogP contribution in [-0.4, -0.2) is 99.1 Å². The minimum absolute atomic E-state index is 0.0763. The maximum atomic E-state index is 11.6. The van der Waals surface area contributed by atoms with Gasteiger partial charge in [-0.3, -0.25) is 4.90 Å². The Kier molecular flexibility index (Phi) is 7.84. The van der Waals surface area contributed by atoms with E-state index in [1.165, 1.54) is 45.2 Å². The van der Waals surface area contributed by atoms with E-state index in [0.717, 1.165) is 60.8 Å². The van der Waals surface area contributed by atoms with E-state index in [0.29, 0.717) is 18.3 Å². The van der Waals surface area contributed by atoms with Crippen LogP contribution in [-0.2, 0) is 9.47 Å². The third-order valence-electron chi connectivity index (χ3n) is 14.1. The van der Waals surface area contributed by atoms with Crippen molar-refractivity contribution in [1.82, 2.24) is 4.90 Å². The summed E-state index contributed by atoms with van der Waals surface area (Å²) in [6.07, 6.45) is 3.39. The van der Waals surface area contributed by atoms with Gasteiger partial charge in [0, 0.05) is 19.1 Å². The second kappa shape index (κ2) is 10.9. The Bertz CT molecular complexity index is 949. The highest BCUT2D eigenvalue weighted by molar-refractivity contribution is 5.12. The van der Waals surface area contributed by atoms with Crippen LogP contribution in [0.5, 0.6) is 0 Å². The van der Waals surface area contributed by atoms with Crippen molar-refractivity contribution in [3.05, 3.63) is 0 Å². The zero-order valence-corrected chi connectivity index (χ0v) is 25.3. The molecule has 4 saturated carbocycles. The van der Waals surface area contributed by atoms with E-state index < -0.39 is 37.3 Å². The fourth-order valence-electron chi connectivity index (χ4n) is 12.1. The molecule has 4 aliphatic carbocycles. The molecule has 5 N–H and O–H groups in total. The highest BCUT2D eigenvalue weighted by Gasteiger charge is 2.63. The Balaban J connectivity index is 1.06. The molecule has 8 heteroatoms.